The molecule has 0 saturated carbocycles. The second kappa shape index (κ2) is 18.7. The summed E-state index contributed by atoms with van der Waals surface area (Å²) in [6, 6.07) is 7.60. The zero-order chi connectivity index (χ0) is 31.7. The molecule has 18 heteroatoms. The summed E-state index contributed by atoms with van der Waals surface area (Å²) >= 11 is 12.8. The molecule has 234 valence electrons. The SMILES string of the molecule is C[N+](C)(C)CCOP(=O)([O-])OC(COC(=O)COc1c(I)cc(I)cc1I)COC(=O)COc1c(I)cc(I)cc1I. The van der Waals surface area contributed by atoms with Crippen molar-refractivity contribution >= 4 is 155 Å². The maximum Gasteiger partial charge on any atom is 0.344 e. The highest BCUT2D eigenvalue weighted by Crippen LogP contribution is 2.40. The Balaban J connectivity index is 1.99. The fourth-order valence-electron chi connectivity index (χ4n) is 2.80. The lowest BCUT2D eigenvalue weighted by Gasteiger charge is -2.29. The minimum absolute atomic E-state index is 0.126. The molecule has 0 bridgehead atoms. The number of nitrogens with zero attached hydrogens (tertiary/aromatic N) is 1. The van der Waals surface area contributed by atoms with Gasteiger partial charge < -0.3 is 37.4 Å². The molecule has 0 radical (unpaired) electrons. The molecule has 0 fully saturated rings. The highest BCUT2D eigenvalue weighted by atomic mass is 127. The van der Waals surface area contributed by atoms with E-state index in [2.05, 4.69) is 136 Å². The summed E-state index contributed by atoms with van der Waals surface area (Å²) in [5.74, 6) is -0.471. The van der Waals surface area contributed by atoms with Crippen molar-refractivity contribution in [1.29, 1.82) is 0 Å². The van der Waals surface area contributed by atoms with Crippen molar-refractivity contribution in [3.8, 4) is 11.5 Å². The third kappa shape index (κ3) is 15.3. The molecule has 2 aromatic carbocycles. The van der Waals surface area contributed by atoms with Crippen LogP contribution >= 0.6 is 143 Å². The van der Waals surface area contributed by atoms with Gasteiger partial charge in [0.25, 0.3) is 7.82 Å². The van der Waals surface area contributed by atoms with Crippen LogP contribution in [0.15, 0.2) is 24.3 Å². The van der Waals surface area contributed by atoms with E-state index in [1.165, 1.54) is 0 Å². The first kappa shape index (κ1) is 39.6. The molecule has 0 spiro atoms. The van der Waals surface area contributed by atoms with Crippen LogP contribution in [0.2, 0.25) is 0 Å². The first-order valence-electron chi connectivity index (χ1n) is 11.8. The smallest absolute Gasteiger partial charge is 0.344 e. The predicted molar refractivity (Wildman–Crippen MR) is 203 cm³/mol. The second-order valence-corrected chi connectivity index (χ2v) is 17.9. The Bertz CT molecular complexity index is 1190. The van der Waals surface area contributed by atoms with Gasteiger partial charge in [-0.3, -0.25) is 4.57 Å². The Hall–Kier alpha value is 1.43. The third-order valence-electron chi connectivity index (χ3n) is 4.74. The van der Waals surface area contributed by atoms with E-state index in [4.69, 9.17) is 28.0 Å². The van der Waals surface area contributed by atoms with Crippen molar-refractivity contribution in [1.82, 2.24) is 0 Å². The van der Waals surface area contributed by atoms with Gasteiger partial charge in [-0.15, -0.1) is 0 Å². The molecule has 0 saturated heterocycles. The van der Waals surface area contributed by atoms with Gasteiger partial charge in [-0.1, -0.05) is 0 Å². The molecule has 0 aliphatic heterocycles. The number of benzene rings is 2. The van der Waals surface area contributed by atoms with Crippen LogP contribution in [0.3, 0.4) is 0 Å². The maximum absolute atomic E-state index is 12.5. The lowest BCUT2D eigenvalue weighted by atomic mass is 10.3. The number of esters is 2. The van der Waals surface area contributed by atoms with E-state index in [0.29, 0.717) is 22.5 Å². The number of likely N-dealkylation sites (N-methyl/N-ethyl adjacent to an activating group) is 1. The van der Waals surface area contributed by atoms with Gasteiger partial charge in [0.05, 0.1) is 35.4 Å². The van der Waals surface area contributed by atoms with Gasteiger partial charge in [-0.25, -0.2) is 9.59 Å². The van der Waals surface area contributed by atoms with Crippen molar-refractivity contribution in [2.24, 2.45) is 0 Å². The number of phosphoric acid groups is 1. The van der Waals surface area contributed by atoms with Gasteiger partial charge in [0, 0.05) is 7.14 Å². The summed E-state index contributed by atoms with van der Waals surface area (Å²) in [6.45, 7) is -1.64. The van der Waals surface area contributed by atoms with Crippen LogP contribution in [0, 0.1) is 21.4 Å². The van der Waals surface area contributed by atoms with Crippen molar-refractivity contribution in [3.05, 3.63) is 45.7 Å². The predicted octanol–water partition coefficient (Wildman–Crippen LogP) is 5.43. The minimum Gasteiger partial charge on any atom is -0.756 e. The standard InChI is InChI=1S/C24H26I6NO10P/c1-31(2,3)4-5-40-42(34,35)41-16(10-36-21(32)12-38-23-17(27)6-14(25)7-18(23)28)11-37-22(33)13-39-24-19(29)8-15(26)9-20(24)30/h6-9,16H,4-5,10-13H2,1-3H3. The van der Waals surface area contributed by atoms with Crippen molar-refractivity contribution in [2.45, 2.75) is 6.10 Å². The normalized spacial score (nSPS) is 13.0. The number of phosphoric ester groups is 1. The van der Waals surface area contributed by atoms with Gasteiger partial charge in [0.15, 0.2) is 13.2 Å². The van der Waals surface area contributed by atoms with Gasteiger partial charge >= 0.3 is 11.9 Å². The molecular formula is C24H26I6NO10P. The van der Waals surface area contributed by atoms with Crippen molar-refractivity contribution < 1.29 is 51.5 Å². The van der Waals surface area contributed by atoms with Crippen molar-refractivity contribution in [2.75, 3.05) is 60.7 Å². The van der Waals surface area contributed by atoms with Crippen LogP contribution in [0.4, 0.5) is 0 Å². The fraction of sp³-hybridized carbons (Fsp3) is 0.417. The van der Waals surface area contributed by atoms with E-state index >= 15 is 0 Å². The molecule has 2 rings (SSSR count). The first-order valence-corrected chi connectivity index (χ1v) is 19.7. The van der Waals surface area contributed by atoms with E-state index < -0.39 is 52.3 Å². The maximum atomic E-state index is 12.5. The van der Waals surface area contributed by atoms with Gasteiger partial charge in [-0.05, 0) is 160 Å². The molecular weight excluding hydrogens is 1250 g/mol. The Morgan fingerprint density at radius 2 is 1.17 bits per heavy atom. The summed E-state index contributed by atoms with van der Waals surface area (Å²) in [6.07, 6.45) is -1.36. The molecule has 0 aliphatic carbocycles. The van der Waals surface area contributed by atoms with Crippen molar-refractivity contribution in [3.63, 3.8) is 0 Å². The molecule has 42 heavy (non-hydrogen) atoms. The number of hydrogen-bond acceptors (Lipinski definition) is 10. The molecule has 0 N–H and O–H groups in total. The largest absolute Gasteiger partial charge is 0.756 e. The molecule has 0 amide bonds. The monoisotopic (exact) mass is 1280 g/mol. The molecule has 11 nitrogen and oxygen atoms in total. The van der Waals surface area contributed by atoms with Crippen LogP contribution in [0.1, 0.15) is 0 Å². The number of hydrogen-bond donors (Lipinski definition) is 0. The van der Waals surface area contributed by atoms with Crippen LogP contribution in [0.25, 0.3) is 0 Å². The Morgan fingerprint density at radius 3 is 1.52 bits per heavy atom. The molecule has 1 unspecified atom stereocenters. The number of carbonyl (C=O) groups excluding carboxylic acids is 2. The fourth-order valence-corrected chi connectivity index (χ4v) is 11.4. The zero-order valence-electron chi connectivity index (χ0n) is 22.4. The number of halogens is 6. The van der Waals surface area contributed by atoms with E-state index in [1.54, 1.807) is 0 Å². The quantitative estimate of drug-likeness (QED) is 0.0929. The molecule has 0 aliphatic rings. The van der Waals surface area contributed by atoms with Crippen LogP contribution in [-0.4, -0.2) is 83.2 Å². The highest BCUT2D eigenvalue weighted by Gasteiger charge is 2.24. The van der Waals surface area contributed by atoms with E-state index in [0.717, 1.165) is 21.4 Å². The van der Waals surface area contributed by atoms with Gasteiger partial charge in [-0.2, -0.15) is 0 Å². The number of carbonyl (C=O) groups is 2. The van der Waals surface area contributed by atoms with E-state index in [-0.39, 0.29) is 6.61 Å². The second-order valence-electron chi connectivity index (χ2n) is 9.36. The first-order chi connectivity index (χ1) is 19.5. The zero-order valence-corrected chi connectivity index (χ0v) is 36.2. The topological polar surface area (TPSA) is 130 Å². The van der Waals surface area contributed by atoms with Crippen LogP contribution in [-0.2, 0) is 32.7 Å². The molecule has 1 atom stereocenters. The average Bonchev–Trinajstić information content (AvgIpc) is 2.83. The highest BCUT2D eigenvalue weighted by molar-refractivity contribution is 14.1. The number of rotatable bonds is 16. The summed E-state index contributed by atoms with van der Waals surface area (Å²) in [7, 11) is 0.805. The Kier molecular flexibility index (Phi) is 17.6. The van der Waals surface area contributed by atoms with E-state index in [9.17, 15) is 19.0 Å². The number of quaternary nitrogens is 1. The van der Waals surface area contributed by atoms with Crippen LogP contribution in [0.5, 0.6) is 11.5 Å². The number of ether oxygens (including phenoxy) is 4. The molecule has 0 heterocycles. The van der Waals surface area contributed by atoms with Gasteiger partial charge in [0.2, 0.25) is 0 Å². The summed E-state index contributed by atoms with van der Waals surface area (Å²) in [5, 5.41) is 0. The molecule has 0 aromatic heterocycles. The summed E-state index contributed by atoms with van der Waals surface area (Å²) in [4.78, 5) is 37.3. The lowest BCUT2D eigenvalue weighted by Crippen LogP contribution is -2.38. The van der Waals surface area contributed by atoms with E-state index in [1.807, 2.05) is 45.4 Å². The third-order valence-corrected chi connectivity index (χ3v) is 10.3. The summed E-state index contributed by atoms with van der Waals surface area (Å²) in [5.41, 5.74) is 0. The van der Waals surface area contributed by atoms with Crippen LogP contribution < -0.4 is 14.4 Å². The van der Waals surface area contributed by atoms with Gasteiger partial charge in [0.1, 0.15) is 44.0 Å². The average molecular weight is 1280 g/mol. The Morgan fingerprint density at radius 1 is 0.786 bits per heavy atom. The lowest BCUT2D eigenvalue weighted by molar-refractivity contribution is -0.870. The Labute approximate surface area is 326 Å². The minimum atomic E-state index is -4.83. The summed E-state index contributed by atoms with van der Waals surface area (Å²) < 4.78 is 50.0. The molecule has 2 aromatic rings.